The lowest BCUT2D eigenvalue weighted by Crippen LogP contribution is -2.24. The summed E-state index contributed by atoms with van der Waals surface area (Å²) >= 11 is 0. The van der Waals surface area contributed by atoms with Crippen molar-refractivity contribution in [2.24, 2.45) is 5.73 Å². The number of hydrogen-bond acceptors (Lipinski definition) is 4. The second kappa shape index (κ2) is 3.85. The molecule has 0 bridgehead atoms. The van der Waals surface area contributed by atoms with E-state index in [0.29, 0.717) is 12.3 Å². The van der Waals surface area contributed by atoms with E-state index in [1.165, 1.54) is 5.56 Å². The van der Waals surface area contributed by atoms with Gasteiger partial charge in [-0.25, -0.2) is 0 Å². The number of aromatic nitrogens is 1. The fraction of sp³-hybridized carbons (Fsp3) is 0.357. The number of benzene rings is 1. The van der Waals surface area contributed by atoms with E-state index in [0.717, 1.165) is 23.4 Å². The molecule has 0 amide bonds. The van der Waals surface area contributed by atoms with Crippen LogP contribution in [0.4, 0.5) is 0 Å². The van der Waals surface area contributed by atoms with Crippen molar-refractivity contribution in [2.75, 3.05) is 0 Å². The molecule has 4 heteroatoms. The molecule has 94 valence electrons. The molecule has 0 spiro atoms. The summed E-state index contributed by atoms with van der Waals surface area (Å²) in [5, 5.41) is 4.05. The zero-order valence-electron chi connectivity index (χ0n) is 10.6. The van der Waals surface area contributed by atoms with E-state index in [1.807, 2.05) is 18.2 Å². The summed E-state index contributed by atoms with van der Waals surface area (Å²) in [7, 11) is 0. The summed E-state index contributed by atoms with van der Waals surface area (Å²) in [5.74, 6) is 1.60. The number of nitrogens with zero attached hydrogens (tertiary/aromatic N) is 1. The Bertz CT molecular complexity index is 587. The Morgan fingerprint density at radius 2 is 2.22 bits per heavy atom. The molecule has 3 rings (SSSR count). The van der Waals surface area contributed by atoms with Gasteiger partial charge in [0.25, 0.3) is 0 Å². The molecule has 1 aliphatic heterocycles. The van der Waals surface area contributed by atoms with E-state index in [9.17, 15) is 0 Å². The van der Waals surface area contributed by atoms with Crippen molar-refractivity contribution in [2.45, 2.75) is 32.4 Å². The van der Waals surface area contributed by atoms with Crippen molar-refractivity contribution in [1.29, 1.82) is 0 Å². The molecule has 4 nitrogen and oxygen atoms in total. The maximum Gasteiger partial charge on any atom is 0.150 e. The van der Waals surface area contributed by atoms with Crippen LogP contribution in [0.5, 0.6) is 5.75 Å². The standard InChI is InChI=1S/C14H16N2O2/c1-14(2)7-9-4-3-5-11(13(9)17-14)12-6-10(8-15)18-16-12/h3-6H,7-8,15H2,1-2H3. The molecule has 0 saturated carbocycles. The predicted octanol–water partition coefficient (Wildman–Crippen LogP) is 2.51. The largest absolute Gasteiger partial charge is 0.487 e. The molecule has 0 atom stereocenters. The van der Waals surface area contributed by atoms with Gasteiger partial charge in [0.2, 0.25) is 0 Å². The van der Waals surface area contributed by atoms with E-state index in [1.54, 1.807) is 0 Å². The molecule has 2 heterocycles. The highest BCUT2D eigenvalue weighted by Gasteiger charge is 2.32. The average Bonchev–Trinajstić information content (AvgIpc) is 2.89. The zero-order valence-corrected chi connectivity index (χ0v) is 10.6. The minimum atomic E-state index is -0.154. The molecule has 1 aliphatic rings. The number of ether oxygens (including phenoxy) is 1. The van der Waals surface area contributed by atoms with Gasteiger partial charge in [-0.1, -0.05) is 17.3 Å². The molecule has 0 unspecified atom stereocenters. The van der Waals surface area contributed by atoms with Crippen LogP contribution in [0.3, 0.4) is 0 Å². The van der Waals surface area contributed by atoms with Gasteiger partial charge in [0.05, 0.1) is 6.54 Å². The van der Waals surface area contributed by atoms with Crippen LogP contribution in [0.15, 0.2) is 28.8 Å². The summed E-state index contributed by atoms with van der Waals surface area (Å²) in [6.07, 6.45) is 0.914. The number of nitrogens with two attached hydrogens (primary N) is 1. The molecule has 0 aliphatic carbocycles. The molecule has 2 aromatic rings. The first-order valence-corrected chi connectivity index (χ1v) is 6.06. The summed E-state index contributed by atoms with van der Waals surface area (Å²) in [6, 6.07) is 7.98. The summed E-state index contributed by atoms with van der Waals surface area (Å²) in [5.41, 5.74) is 8.35. The third-order valence-corrected chi connectivity index (χ3v) is 3.13. The smallest absolute Gasteiger partial charge is 0.150 e. The minimum absolute atomic E-state index is 0.154. The van der Waals surface area contributed by atoms with Crippen molar-refractivity contribution in [3.8, 4) is 17.0 Å². The monoisotopic (exact) mass is 244 g/mol. The van der Waals surface area contributed by atoms with Crippen molar-refractivity contribution in [3.63, 3.8) is 0 Å². The summed E-state index contributed by atoms with van der Waals surface area (Å²) < 4.78 is 11.2. The van der Waals surface area contributed by atoms with Gasteiger partial charge in [0.1, 0.15) is 17.0 Å². The van der Waals surface area contributed by atoms with E-state index < -0.39 is 0 Å². The Hall–Kier alpha value is -1.81. The molecule has 0 radical (unpaired) electrons. The summed E-state index contributed by atoms with van der Waals surface area (Å²) in [4.78, 5) is 0. The molecule has 0 saturated heterocycles. The summed E-state index contributed by atoms with van der Waals surface area (Å²) in [6.45, 7) is 4.53. The Morgan fingerprint density at radius 1 is 1.39 bits per heavy atom. The van der Waals surface area contributed by atoms with Crippen LogP contribution < -0.4 is 10.5 Å². The molecule has 1 aromatic carbocycles. The van der Waals surface area contributed by atoms with Gasteiger partial charge in [-0.15, -0.1) is 0 Å². The third-order valence-electron chi connectivity index (χ3n) is 3.13. The van der Waals surface area contributed by atoms with Gasteiger partial charge in [-0.3, -0.25) is 0 Å². The minimum Gasteiger partial charge on any atom is -0.487 e. The Labute approximate surface area is 106 Å². The molecule has 0 fully saturated rings. The van der Waals surface area contributed by atoms with Crippen LogP contribution >= 0.6 is 0 Å². The van der Waals surface area contributed by atoms with E-state index in [4.69, 9.17) is 15.0 Å². The van der Waals surface area contributed by atoms with Gasteiger partial charge in [-0.2, -0.15) is 0 Å². The first kappa shape index (κ1) is 11.3. The SMILES string of the molecule is CC1(C)Cc2cccc(-c3cc(CN)on3)c2O1. The lowest BCUT2D eigenvalue weighted by Gasteiger charge is -2.17. The van der Waals surface area contributed by atoms with Crippen molar-refractivity contribution < 1.29 is 9.26 Å². The Kier molecular flexibility index (Phi) is 2.41. The second-order valence-corrected chi connectivity index (χ2v) is 5.21. The highest BCUT2D eigenvalue weighted by atomic mass is 16.5. The molecule has 18 heavy (non-hydrogen) atoms. The number of rotatable bonds is 2. The first-order valence-electron chi connectivity index (χ1n) is 6.06. The normalized spacial score (nSPS) is 16.4. The highest BCUT2D eigenvalue weighted by molar-refractivity contribution is 5.70. The van der Waals surface area contributed by atoms with Crippen LogP contribution in [0.25, 0.3) is 11.3 Å². The van der Waals surface area contributed by atoms with Gasteiger partial charge in [0.15, 0.2) is 5.76 Å². The molecule has 2 N–H and O–H groups in total. The molecular formula is C14H16N2O2. The van der Waals surface area contributed by atoms with Crippen molar-refractivity contribution in [1.82, 2.24) is 5.16 Å². The number of para-hydroxylation sites is 1. The first-order chi connectivity index (χ1) is 8.59. The molecular weight excluding hydrogens is 228 g/mol. The van der Waals surface area contributed by atoms with Crippen LogP contribution in [-0.2, 0) is 13.0 Å². The van der Waals surface area contributed by atoms with Crippen LogP contribution in [0.2, 0.25) is 0 Å². The fourth-order valence-electron chi connectivity index (χ4n) is 2.35. The third kappa shape index (κ3) is 1.78. The van der Waals surface area contributed by atoms with E-state index in [2.05, 4.69) is 25.1 Å². The molecule has 1 aromatic heterocycles. The van der Waals surface area contributed by atoms with Crippen molar-refractivity contribution >= 4 is 0 Å². The van der Waals surface area contributed by atoms with Gasteiger partial charge in [0, 0.05) is 18.1 Å². The maximum absolute atomic E-state index is 6.01. The lowest BCUT2D eigenvalue weighted by atomic mass is 10.00. The zero-order chi connectivity index (χ0) is 12.8. The highest BCUT2D eigenvalue weighted by Crippen LogP contribution is 2.41. The van der Waals surface area contributed by atoms with Gasteiger partial charge < -0.3 is 15.0 Å². The average molecular weight is 244 g/mol. The van der Waals surface area contributed by atoms with E-state index >= 15 is 0 Å². The van der Waals surface area contributed by atoms with Crippen LogP contribution in [0.1, 0.15) is 25.2 Å². The Morgan fingerprint density at radius 3 is 2.94 bits per heavy atom. The van der Waals surface area contributed by atoms with E-state index in [-0.39, 0.29) is 5.60 Å². The maximum atomic E-state index is 6.01. The van der Waals surface area contributed by atoms with Gasteiger partial charge in [-0.05, 0) is 25.5 Å². The van der Waals surface area contributed by atoms with Gasteiger partial charge >= 0.3 is 0 Å². The van der Waals surface area contributed by atoms with Crippen LogP contribution in [-0.4, -0.2) is 10.8 Å². The predicted molar refractivity (Wildman–Crippen MR) is 68.2 cm³/mol. The Balaban J connectivity index is 2.07. The number of hydrogen-bond donors (Lipinski definition) is 1. The lowest BCUT2D eigenvalue weighted by molar-refractivity contribution is 0.139. The van der Waals surface area contributed by atoms with Crippen molar-refractivity contribution in [3.05, 3.63) is 35.6 Å². The topological polar surface area (TPSA) is 61.3 Å². The quantitative estimate of drug-likeness (QED) is 0.881. The second-order valence-electron chi connectivity index (χ2n) is 5.21. The van der Waals surface area contributed by atoms with Crippen LogP contribution in [0, 0.1) is 0 Å². The number of fused-ring (bicyclic) bond motifs is 1. The fourth-order valence-corrected chi connectivity index (χ4v) is 2.35.